The lowest BCUT2D eigenvalue weighted by Crippen LogP contribution is -2.40. The van der Waals surface area contributed by atoms with Crippen molar-refractivity contribution in [2.24, 2.45) is 5.10 Å². The first-order chi connectivity index (χ1) is 13.9. The van der Waals surface area contributed by atoms with Crippen LogP contribution in [0.1, 0.15) is 18.1 Å². The van der Waals surface area contributed by atoms with Crippen LogP contribution in [0.3, 0.4) is 0 Å². The van der Waals surface area contributed by atoms with Crippen LogP contribution in [0, 0.1) is 0 Å². The van der Waals surface area contributed by atoms with E-state index in [1.165, 1.54) is 6.21 Å². The summed E-state index contributed by atoms with van der Waals surface area (Å²) in [4.78, 5) is 25.5. The summed E-state index contributed by atoms with van der Waals surface area (Å²) < 4.78 is 5.14. The van der Waals surface area contributed by atoms with Gasteiger partial charge in [0, 0.05) is 5.56 Å². The maximum atomic E-state index is 13.0. The Bertz CT molecular complexity index is 1140. The van der Waals surface area contributed by atoms with E-state index >= 15 is 0 Å². The monoisotopic (exact) mass is 389 g/mol. The number of fused-ring (bicyclic) bond motifs is 1. The van der Waals surface area contributed by atoms with Gasteiger partial charge in [-0.25, -0.2) is 4.79 Å². The lowest BCUT2D eigenvalue weighted by molar-refractivity contribution is -0.131. The molecule has 0 unspecified atom stereocenters. The number of hydrogen-bond donors (Lipinski definition) is 2. The molecule has 7 nitrogen and oxygen atoms in total. The van der Waals surface area contributed by atoms with Crippen LogP contribution in [0.4, 0.5) is 4.79 Å². The fourth-order valence-corrected chi connectivity index (χ4v) is 3.38. The number of phenolic OH excluding ortho intramolecular Hbond substituents is 1. The van der Waals surface area contributed by atoms with E-state index in [1.807, 2.05) is 24.3 Å². The zero-order valence-corrected chi connectivity index (χ0v) is 15.9. The van der Waals surface area contributed by atoms with E-state index in [4.69, 9.17) is 4.74 Å². The van der Waals surface area contributed by atoms with Gasteiger partial charge >= 0.3 is 6.03 Å². The molecule has 1 aliphatic rings. The Kier molecular flexibility index (Phi) is 4.43. The minimum Gasteiger partial charge on any atom is -0.507 e. The molecule has 3 aromatic carbocycles. The maximum Gasteiger partial charge on any atom is 0.346 e. The number of aromatic hydroxyl groups is 1. The number of hydrazone groups is 1. The molecule has 3 amide bonds. The Morgan fingerprint density at radius 3 is 2.52 bits per heavy atom. The number of benzene rings is 3. The van der Waals surface area contributed by atoms with Crippen molar-refractivity contribution in [2.45, 2.75) is 12.5 Å². The molecule has 1 atom stereocenters. The van der Waals surface area contributed by atoms with E-state index in [1.54, 1.807) is 50.4 Å². The van der Waals surface area contributed by atoms with Gasteiger partial charge in [-0.15, -0.1) is 5.01 Å². The first-order valence-electron chi connectivity index (χ1n) is 9.00. The smallest absolute Gasteiger partial charge is 0.346 e. The van der Waals surface area contributed by atoms with Gasteiger partial charge in [0.1, 0.15) is 17.0 Å². The van der Waals surface area contributed by atoms with Crippen LogP contribution in [0.5, 0.6) is 11.5 Å². The zero-order valence-electron chi connectivity index (χ0n) is 15.9. The number of phenols is 1. The average molecular weight is 389 g/mol. The number of rotatable bonds is 4. The van der Waals surface area contributed by atoms with Gasteiger partial charge < -0.3 is 15.2 Å². The third kappa shape index (κ3) is 3.06. The van der Waals surface area contributed by atoms with Gasteiger partial charge in [-0.1, -0.05) is 42.5 Å². The summed E-state index contributed by atoms with van der Waals surface area (Å²) in [5.74, 6) is 0.150. The summed E-state index contributed by atoms with van der Waals surface area (Å²) in [5.41, 5.74) is -0.203. The van der Waals surface area contributed by atoms with E-state index in [9.17, 15) is 14.7 Å². The van der Waals surface area contributed by atoms with Crippen LogP contribution in [0.2, 0.25) is 0 Å². The average Bonchev–Trinajstić information content (AvgIpc) is 2.96. The van der Waals surface area contributed by atoms with Crippen LogP contribution in [0.15, 0.2) is 65.8 Å². The molecule has 0 radical (unpaired) electrons. The summed E-state index contributed by atoms with van der Waals surface area (Å²) in [6.07, 6.45) is 1.33. The van der Waals surface area contributed by atoms with Crippen LogP contribution < -0.4 is 10.1 Å². The Hall–Kier alpha value is -3.87. The van der Waals surface area contributed by atoms with Crippen molar-refractivity contribution < 1.29 is 19.4 Å². The van der Waals surface area contributed by atoms with Gasteiger partial charge in [0.25, 0.3) is 5.91 Å². The molecular formula is C22H19N3O4. The van der Waals surface area contributed by atoms with E-state index < -0.39 is 17.5 Å². The predicted octanol–water partition coefficient (Wildman–Crippen LogP) is 3.36. The lowest BCUT2D eigenvalue weighted by Gasteiger charge is -2.21. The number of ether oxygens (including phenoxy) is 1. The second-order valence-electron chi connectivity index (χ2n) is 6.86. The minimum absolute atomic E-state index is 0.0115. The number of amides is 3. The van der Waals surface area contributed by atoms with Gasteiger partial charge in [0.15, 0.2) is 0 Å². The van der Waals surface area contributed by atoms with E-state index in [-0.39, 0.29) is 5.75 Å². The molecule has 1 aliphatic heterocycles. The molecule has 0 spiro atoms. The third-order valence-electron chi connectivity index (χ3n) is 5.09. The second kappa shape index (κ2) is 6.94. The molecule has 0 bridgehead atoms. The van der Waals surface area contributed by atoms with E-state index in [0.717, 1.165) is 15.8 Å². The molecule has 0 saturated carbocycles. The van der Waals surface area contributed by atoms with Crippen LogP contribution >= 0.6 is 0 Å². The molecule has 7 heteroatoms. The molecule has 4 rings (SSSR count). The zero-order chi connectivity index (χ0) is 20.6. The van der Waals surface area contributed by atoms with Crippen LogP contribution in [-0.4, -0.2) is 35.4 Å². The maximum absolute atomic E-state index is 13.0. The highest BCUT2D eigenvalue weighted by atomic mass is 16.5. The fourth-order valence-electron chi connectivity index (χ4n) is 3.38. The molecule has 1 heterocycles. The number of urea groups is 1. The standard InChI is InChI=1S/C22H19N3O4/c1-22(15-8-10-16(29-2)11-9-15)20(27)25(21(28)24-22)23-13-18-17-6-4-3-5-14(17)7-12-19(18)26/h3-13,26H,1-2H3,(H,24,28)/b23-13+/t22-/m1/s1. The third-order valence-corrected chi connectivity index (χ3v) is 5.09. The van der Waals surface area contributed by atoms with Gasteiger partial charge in [-0.05, 0) is 41.5 Å². The topological polar surface area (TPSA) is 91.2 Å². The molecular weight excluding hydrogens is 370 g/mol. The number of carbonyl (C=O) groups is 2. The number of imide groups is 1. The molecule has 0 aromatic heterocycles. The quantitative estimate of drug-likeness (QED) is 0.529. The van der Waals surface area contributed by atoms with Crippen LogP contribution in [-0.2, 0) is 10.3 Å². The van der Waals surface area contributed by atoms with E-state index in [0.29, 0.717) is 16.9 Å². The van der Waals surface area contributed by atoms with Crippen molar-refractivity contribution >= 4 is 28.9 Å². The fraction of sp³-hybridized carbons (Fsp3) is 0.136. The number of methoxy groups -OCH3 is 1. The first-order valence-corrected chi connectivity index (χ1v) is 9.00. The predicted molar refractivity (Wildman–Crippen MR) is 109 cm³/mol. The van der Waals surface area contributed by atoms with Crippen LogP contribution in [0.25, 0.3) is 10.8 Å². The summed E-state index contributed by atoms with van der Waals surface area (Å²) in [7, 11) is 1.55. The molecule has 146 valence electrons. The van der Waals surface area contributed by atoms with Gasteiger partial charge in [-0.3, -0.25) is 4.79 Å². The number of hydrogen-bond acceptors (Lipinski definition) is 5. The molecule has 2 N–H and O–H groups in total. The number of nitrogens with zero attached hydrogens (tertiary/aromatic N) is 2. The van der Waals surface area contributed by atoms with Crippen molar-refractivity contribution in [1.82, 2.24) is 10.3 Å². The van der Waals surface area contributed by atoms with Gasteiger partial charge in [0.2, 0.25) is 0 Å². The molecule has 0 aliphatic carbocycles. The van der Waals surface area contributed by atoms with E-state index in [2.05, 4.69) is 10.4 Å². The largest absolute Gasteiger partial charge is 0.507 e. The lowest BCUT2D eigenvalue weighted by atomic mass is 9.92. The highest BCUT2D eigenvalue weighted by molar-refractivity contribution is 6.08. The van der Waals surface area contributed by atoms with Gasteiger partial charge in [-0.2, -0.15) is 5.10 Å². The number of nitrogens with one attached hydrogen (secondary N) is 1. The van der Waals surface area contributed by atoms with Gasteiger partial charge in [0.05, 0.1) is 13.3 Å². The Morgan fingerprint density at radius 2 is 1.79 bits per heavy atom. The molecule has 1 saturated heterocycles. The number of carbonyl (C=O) groups excluding carboxylic acids is 2. The van der Waals surface area contributed by atoms with Crippen molar-refractivity contribution in [3.8, 4) is 11.5 Å². The summed E-state index contributed by atoms with van der Waals surface area (Å²) in [5, 5.41) is 19.5. The van der Waals surface area contributed by atoms with Crippen molar-refractivity contribution in [3.05, 3.63) is 71.8 Å². The Morgan fingerprint density at radius 1 is 1.07 bits per heavy atom. The highest BCUT2D eigenvalue weighted by Gasteiger charge is 2.49. The first kappa shape index (κ1) is 18.5. The van der Waals surface area contributed by atoms with Crippen molar-refractivity contribution in [3.63, 3.8) is 0 Å². The normalized spacial score (nSPS) is 19.2. The van der Waals surface area contributed by atoms with Crippen molar-refractivity contribution in [2.75, 3.05) is 7.11 Å². The summed E-state index contributed by atoms with van der Waals surface area (Å²) >= 11 is 0. The molecule has 29 heavy (non-hydrogen) atoms. The molecule has 3 aromatic rings. The van der Waals surface area contributed by atoms with Crippen molar-refractivity contribution in [1.29, 1.82) is 0 Å². The highest BCUT2D eigenvalue weighted by Crippen LogP contribution is 2.31. The minimum atomic E-state index is -1.25. The second-order valence-corrected chi connectivity index (χ2v) is 6.86. The SMILES string of the molecule is COc1ccc([C@@]2(C)NC(=O)N(/N=C/c3c(O)ccc4ccccc34)C2=O)cc1. The Labute approximate surface area is 167 Å². The Balaban J connectivity index is 1.67. The molecule has 1 fully saturated rings. The summed E-state index contributed by atoms with van der Waals surface area (Å²) in [6, 6.07) is 17.1. The summed E-state index contributed by atoms with van der Waals surface area (Å²) in [6.45, 7) is 1.62.